The van der Waals surface area contributed by atoms with Crippen molar-refractivity contribution in [1.29, 1.82) is 0 Å². The van der Waals surface area contributed by atoms with Gasteiger partial charge in [0, 0.05) is 35.4 Å². The first kappa shape index (κ1) is 20.0. The Labute approximate surface area is 193 Å². The first-order chi connectivity index (χ1) is 16.2. The fourth-order valence-electron chi connectivity index (χ4n) is 5.76. The van der Waals surface area contributed by atoms with Crippen molar-refractivity contribution in [2.45, 2.75) is 43.4 Å². The molecule has 0 saturated heterocycles. The van der Waals surface area contributed by atoms with Crippen LogP contribution in [-0.4, -0.2) is 11.6 Å². The standard InChI is InChI=1S/C29H25NO3/c31-24-16-20(18-8-3-1-4-9-18)14-22-27(24)29(26-12-7-13-33-26)28-23(30-22)15-21(17-25(28)32)19-10-5-2-6-11-19/h1-13,20-21,29-30H,14-17H2/t20-,21+,29?. The van der Waals surface area contributed by atoms with Crippen molar-refractivity contribution >= 4 is 11.6 Å². The van der Waals surface area contributed by atoms with Gasteiger partial charge in [-0.3, -0.25) is 9.59 Å². The lowest BCUT2D eigenvalue weighted by atomic mass is 9.68. The van der Waals surface area contributed by atoms with Crippen LogP contribution < -0.4 is 5.32 Å². The van der Waals surface area contributed by atoms with E-state index in [-0.39, 0.29) is 23.4 Å². The van der Waals surface area contributed by atoms with Crippen LogP contribution in [0.3, 0.4) is 0 Å². The van der Waals surface area contributed by atoms with Crippen molar-refractivity contribution in [3.05, 3.63) is 118 Å². The molecule has 2 aliphatic carbocycles. The van der Waals surface area contributed by atoms with E-state index in [1.165, 1.54) is 11.1 Å². The van der Waals surface area contributed by atoms with Gasteiger partial charge < -0.3 is 9.73 Å². The number of carbonyl (C=O) groups is 2. The van der Waals surface area contributed by atoms with Crippen molar-refractivity contribution in [3.8, 4) is 0 Å². The van der Waals surface area contributed by atoms with E-state index in [0.29, 0.717) is 29.7 Å². The number of dihydropyridines is 1. The summed E-state index contributed by atoms with van der Waals surface area (Å²) in [4.78, 5) is 27.0. The minimum atomic E-state index is -0.417. The van der Waals surface area contributed by atoms with E-state index in [4.69, 9.17) is 4.42 Å². The molecule has 2 heterocycles. The number of benzene rings is 2. The number of hydrogen-bond donors (Lipinski definition) is 1. The quantitative estimate of drug-likeness (QED) is 0.568. The maximum Gasteiger partial charge on any atom is 0.162 e. The van der Waals surface area contributed by atoms with Crippen LogP contribution in [0.25, 0.3) is 0 Å². The van der Waals surface area contributed by atoms with Crippen molar-refractivity contribution < 1.29 is 14.0 Å². The first-order valence-electron chi connectivity index (χ1n) is 11.6. The Kier molecular flexibility index (Phi) is 4.87. The Morgan fingerprint density at radius 2 is 1.15 bits per heavy atom. The van der Waals surface area contributed by atoms with Gasteiger partial charge in [0.1, 0.15) is 5.76 Å². The molecule has 0 spiro atoms. The molecule has 6 rings (SSSR count). The van der Waals surface area contributed by atoms with Crippen LogP contribution >= 0.6 is 0 Å². The second-order valence-corrected chi connectivity index (χ2v) is 9.24. The molecule has 0 radical (unpaired) electrons. The SMILES string of the molecule is O=C1C[C@@H](c2ccccc2)CC2=C1C(c1ccco1)C1=C(C[C@@H](c3ccccc3)CC1=O)N2. The molecular formula is C29H25NO3. The van der Waals surface area contributed by atoms with Crippen LogP contribution in [0, 0.1) is 0 Å². The van der Waals surface area contributed by atoms with Crippen LogP contribution in [-0.2, 0) is 9.59 Å². The smallest absolute Gasteiger partial charge is 0.162 e. The van der Waals surface area contributed by atoms with E-state index in [1.54, 1.807) is 6.26 Å². The van der Waals surface area contributed by atoms with Crippen LogP contribution in [0.2, 0.25) is 0 Å². The van der Waals surface area contributed by atoms with Gasteiger partial charge >= 0.3 is 0 Å². The van der Waals surface area contributed by atoms with Gasteiger partial charge in [0.2, 0.25) is 0 Å². The van der Waals surface area contributed by atoms with E-state index in [2.05, 4.69) is 29.6 Å². The Bertz CT molecular complexity index is 1190. The van der Waals surface area contributed by atoms with E-state index in [1.807, 2.05) is 48.5 Å². The average Bonchev–Trinajstić information content (AvgIpc) is 3.38. The number of allylic oxidation sites excluding steroid dienone is 4. The molecule has 0 amide bonds. The summed E-state index contributed by atoms with van der Waals surface area (Å²) in [7, 11) is 0. The summed E-state index contributed by atoms with van der Waals surface area (Å²) in [5, 5.41) is 3.59. The lowest BCUT2D eigenvalue weighted by molar-refractivity contribution is -0.117. The Hall–Kier alpha value is -3.66. The number of carbonyl (C=O) groups excluding carboxylic acids is 2. The molecule has 1 aromatic heterocycles. The number of ketones is 2. The molecule has 0 fully saturated rings. The maximum absolute atomic E-state index is 13.5. The predicted molar refractivity (Wildman–Crippen MR) is 125 cm³/mol. The number of hydrogen-bond acceptors (Lipinski definition) is 4. The molecule has 4 nitrogen and oxygen atoms in total. The van der Waals surface area contributed by atoms with Gasteiger partial charge in [0.15, 0.2) is 11.6 Å². The van der Waals surface area contributed by atoms with Gasteiger partial charge in [0.05, 0.1) is 12.2 Å². The molecule has 0 saturated carbocycles. The molecule has 2 aromatic carbocycles. The third-order valence-corrected chi connectivity index (χ3v) is 7.26. The molecule has 3 aliphatic rings. The zero-order valence-corrected chi connectivity index (χ0v) is 18.3. The topological polar surface area (TPSA) is 59.3 Å². The number of furan rings is 1. The summed E-state index contributed by atoms with van der Waals surface area (Å²) in [5.74, 6) is 0.725. The fraction of sp³-hybridized carbons (Fsp3) is 0.241. The minimum absolute atomic E-state index is 0.100. The van der Waals surface area contributed by atoms with E-state index in [0.717, 1.165) is 24.2 Å². The second kappa shape index (κ2) is 8.04. The maximum atomic E-state index is 13.5. The van der Waals surface area contributed by atoms with Crippen LogP contribution in [0.15, 0.2) is 106 Å². The highest BCUT2D eigenvalue weighted by atomic mass is 16.3. The van der Waals surface area contributed by atoms with Crippen molar-refractivity contribution in [3.63, 3.8) is 0 Å². The summed E-state index contributed by atoms with van der Waals surface area (Å²) in [5.41, 5.74) is 5.67. The number of Topliss-reactive ketones (excluding diaryl/α,β-unsaturated/α-hetero) is 2. The molecule has 3 aromatic rings. The van der Waals surface area contributed by atoms with Crippen molar-refractivity contribution in [1.82, 2.24) is 5.32 Å². The summed E-state index contributed by atoms with van der Waals surface area (Å²) in [6.45, 7) is 0. The zero-order valence-electron chi connectivity index (χ0n) is 18.3. The largest absolute Gasteiger partial charge is 0.468 e. The monoisotopic (exact) mass is 435 g/mol. The molecular weight excluding hydrogens is 410 g/mol. The highest BCUT2D eigenvalue weighted by Gasteiger charge is 2.44. The highest BCUT2D eigenvalue weighted by molar-refractivity contribution is 6.06. The molecule has 0 bridgehead atoms. The highest BCUT2D eigenvalue weighted by Crippen LogP contribution is 2.49. The molecule has 33 heavy (non-hydrogen) atoms. The third kappa shape index (κ3) is 3.46. The Morgan fingerprint density at radius 3 is 1.61 bits per heavy atom. The molecule has 1 aliphatic heterocycles. The van der Waals surface area contributed by atoms with Gasteiger partial charge in [-0.25, -0.2) is 0 Å². The minimum Gasteiger partial charge on any atom is -0.468 e. The van der Waals surface area contributed by atoms with Crippen molar-refractivity contribution in [2.24, 2.45) is 0 Å². The second-order valence-electron chi connectivity index (χ2n) is 9.24. The zero-order chi connectivity index (χ0) is 22.4. The summed E-state index contributed by atoms with van der Waals surface area (Å²) < 4.78 is 5.79. The van der Waals surface area contributed by atoms with Gasteiger partial charge in [0.25, 0.3) is 0 Å². The van der Waals surface area contributed by atoms with E-state index in [9.17, 15) is 9.59 Å². The Balaban J connectivity index is 1.42. The lowest BCUT2D eigenvalue weighted by Crippen LogP contribution is -2.38. The van der Waals surface area contributed by atoms with E-state index >= 15 is 0 Å². The van der Waals surface area contributed by atoms with Gasteiger partial charge in [-0.2, -0.15) is 0 Å². The molecule has 1 unspecified atom stereocenters. The van der Waals surface area contributed by atoms with Gasteiger partial charge in [-0.15, -0.1) is 0 Å². The summed E-state index contributed by atoms with van der Waals surface area (Å²) in [6.07, 6.45) is 4.03. The van der Waals surface area contributed by atoms with Gasteiger partial charge in [-0.05, 0) is 47.9 Å². The van der Waals surface area contributed by atoms with Crippen molar-refractivity contribution in [2.75, 3.05) is 0 Å². The van der Waals surface area contributed by atoms with E-state index < -0.39 is 5.92 Å². The van der Waals surface area contributed by atoms with Crippen LogP contribution in [0.1, 0.15) is 60.3 Å². The molecule has 3 atom stereocenters. The van der Waals surface area contributed by atoms with Crippen LogP contribution in [0.4, 0.5) is 0 Å². The number of rotatable bonds is 3. The average molecular weight is 436 g/mol. The molecule has 1 N–H and O–H groups in total. The Morgan fingerprint density at radius 1 is 0.636 bits per heavy atom. The normalized spacial score (nSPS) is 24.9. The fourth-order valence-corrected chi connectivity index (χ4v) is 5.76. The third-order valence-electron chi connectivity index (χ3n) is 7.26. The first-order valence-corrected chi connectivity index (χ1v) is 11.6. The summed E-state index contributed by atoms with van der Waals surface area (Å²) >= 11 is 0. The van der Waals surface area contributed by atoms with Gasteiger partial charge in [-0.1, -0.05) is 60.7 Å². The predicted octanol–water partition coefficient (Wildman–Crippen LogP) is 5.77. The number of nitrogens with one attached hydrogen (secondary N) is 1. The molecule has 4 heteroatoms. The lowest BCUT2D eigenvalue weighted by Gasteiger charge is -2.39. The van der Waals surface area contributed by atoms with Crippen LogP contribution in [0.5, 0.6) is 0 Å². The molecule has 164 valence electrons. The summed E-state index contributed by atoms with van der Waals surface area (Å²) in [6, 6.07) is 24.2.